The Kier molecular flexibility index (Phi) is 6.04. The minimum absolute atomic E-state index is 0.00340. The highest BCUT2D eigenvalue weighted by atomic mass is 32.1. The van der Waals surface area contributed by atoms with Gasteiger partial charge in [-0.25, -0.2) is 23.5 Å². The van der Waals surface area contributed by atoms with Crippen molar-refractivity contribution in [2.24, 2.45) is 5.41 Å². The van der Waals surface area contributed by atoms with Crippen LogP contribution in [0.15, 0.2) is 48.8 Å². The van der Waals surface area contributed by atoms with E-state index in [1.54, 1.807) is 6.92 Å². The molecule has 9 nitrogen and oxygen atoms in total. The van der Waals surface area contributed by atoms with Gasteiger partial charge in [-0.2, -0.15) is 0 Å². The Labute approximate surface area is 212 Å². The van der Waals surface area contributed by atoms with Crippen molar-refractivity contribution < 1.29 is 33.0 Å². The van der Waals surface area contributed by atoms with Gasteiger partial charge in [0.2, 0.25) is 17.7 Å². The lowest BCUT2D eigenvalue weighted by Gasteiger charge is -2.16. The van der Waals surface area contributed by atoms with Crippen molar-refractivity contribution in [1.82, 2.24) is 9.97 Å². The Balaban J connectivity index is 1.31. The number of aromatic nitrogens is 2. The number of aryl methyl sites for hydroxylation is 1. The van der Waals surface area contributed by atoms with Crippen LogP contribution in [-0.4, -0.2) is 32.9 Å². The summed E-state index contributed by atoms with van der Waals surface area (Å²) >= 11 is 0.960. The molecule has 2 amide bonds. The van der Waals surface area contributed by atoms with Gasteiger partial charge in [0.15, 0.2) is 11.6 Å². The van der Waals surface area contributed by atoms with E-state index in [4.69, 9.17) is 4.74 Å². The minimum Gasteiger partial charge on any atom is -0.477 e. The maximum Gasteiger partial charge on any atom is 0.346 e. The van der Waals surface area contributed by atoms with E-state index in [2.05, 4.69) is 20.6 Å². The molecule has 188 valence electrons. The Bertz CT molecular complexity index is 1570. The van der Waals surface area contributed by atoms with E-state index < -0.39 is 34.8 Å². The number of carboxylic acid groups (broad SMARTS) is 1. The first kappa shape index (κ1) is 24.3. The zero-order valence-corrected chi connectivity index (χ0v) is 20.0. The zero-order chi connectivity index (χ0) is 26.3. The van der Waals surface area contributed by atoms with Crippen LogP contribution in [0.1, 0.15) is 28.1 Å². The third kappa shape index (κ3) is 4.58. The number of thiophene rings is 1. The summed E-state index contributed by atoms with van der Waals surface area (Å²) < 4.78 is 33.6. The lowest BCUT2D eigenvalue weighted by Crippen LogP contribution is -2.35. The predicted molar refractivity (Wildman–Crippen MR) is 131 cm³/mol. The van der Waals surface area contributed by atoms with Gasteiger partial charge in [0, 0.05) is 17.4 Å². The van der Waals surface area contributed by atoms with E-state index in [0.29, 0.717) is 34.3 Å². The number of anilines is 2. The van der Waals surface area contributed by atoms with Gasteiger partial charge in [0.1, 0.15) is 27.3 Å². The van der Waals surface area contributed by atoms with Crippen molar-refractivity contribution >= 4 is 50.7 Å². The smallest absolute Gasteiger partial charge is 0.346 e. The fraction of sp³-hybridized carbons (Fsp3) is 0.160. The number of benzene rings is 2. The molecule has 0 unspecified atom stereocenters. The summed E-state index contributed by atoms with van der Waals surface area (Å²) in [4.78, 5) is 45.6. The monoisotopic (exact) mass is 524 g/mol. The number of fused-ring (bicyclic) bond motifs is 1. The molecule has 12 heteroatoms. The molecule has 1 fully saturated rings. The number of nitrogens with one attached hydrogen (secondary N) is 2. The van der Waals surface area contributed by atoms with Gasteiger partial charge >= 0.3 is 5.97 Å². The van der Waals surface area contributed by atoms with Crippen LogP contribution in [0, 0.1) is 24.0 Å². The van der Waals surface area contributed by atoms with Crippen molar-refractivity contribution in [3.8, 4) is 11.6 Å². The molecule has 2 aromatic carbocycles. The third-order valence-electron chi connectivity index (χ3n) is 6.00. The summed E-state index contributed by atoms with van der Waals surface area (Å²) in [6.45, 7) is 1.59. The maximum atomic E-state index is 14.9. The Hall–Kier alpha value is -4.45. The van der Waals surface area contributed by atoms with E-state index >= 15 is 0 Å². The highest BCUT2D eigenvalue weighted by molar-refractivity contribution is 7.20. The van der Waals surface area contributed by atoms with Crippen LogP contribution < -0.4 is 15.4 Å². The van der Waals surface area contributed by atoms with Gasteiger partial charge in [-0.05, 0) is 61.7 Å². The molecule has 37 heavy (non-hydrogen) atoms. The number of ether oxygens (including phenoxy) is 1. The second-order valence-corrected chi connectivity index (χ2v) is 9.46. The van der Waals surface area contributed by atoms with Gasteiger partial charge in [-0.3, -0.25) is 9.59 Å². The Morgan fingerprint density at radius 2 is 1.65 bits per heavy atom. The SMILES string of the molecule is Cc1c(C(=O)O)sc2ncnc(Oc3ccc(NC(=O)C4(C(=O)Nc5ccc(F)cc5)CC4)cc3F)c12. The lowest BCUT2D eigenvalue weighted by molar-refractivity contribution is -0.131. The second kappa shape index (κ2) is 9.21. The van der Waals surface area contributed by atoms with Gasteiger partial charge < -0.3 is 20.5 Å². The number of nitrogens with zero attached hydrogens (tertiary/aromatic N) is 2. The van der Waals surface area contributed by atoms with E-state index in [9.17, 15) is 28.3 Å². The number of rotatable bonds is 7. The molecule has 2 aromatic heterocycles. The molecule has 0 atom stereocenters. The van der Waals surface area contributed by atoms with Crippen LogP contribution in [0.2, 0.25) is 0 Å². The number of aromatic carboxylic acids is 1. The van der Waals surface area contributed by atoms with Crippen LogP contribution in [0.25, 0.3) is 10.2 Å². The lowest BCUT2D eigenvalue weighted by atomic mass is 10.0. The van der Waals surface area contributed by atoms with Crippen LogP contribution >= 0.6 is 11.3 Å². The summed E-state index contributed by atoms with van der Waals surface area (Å²) in [6, 6.07) is 8.91. The number of carboxylic acids is 1. The van der Waals surface area contributed by atoms with Gasteiger partial charge in [-0.15, -0.1) is 11.3 Å². The van der Waals surface area contributed by atoms with Crippen LogP contribution in [0.4, 0.5) is 20.2 Å². The average molecular weight is 525 g/mol. The molecule has 0 aliphatic heterocycles. The summed E-state index contributed by atoms with van der Waals surface area (Å²) in [5.41, 5.74) is -0.428. The van der Waals surface area contributed by atoms with E-state index in [1.807, 2.05) is 0 Å². The summed E-state index contributed by atoms with van der Waals surface area (Å²) in [6.07, 6.45) is 1.83. The van der Waals surface area contributed by atoms with E-state index in [0.717, 1.165) is 17.4 Å². The quantitative estimate of drug-likeness (QED) is 0.286. The summed E-state index contributed by atoms with van der Waals surface area (Å²) in [5.74, 6) is -3.70. The summed E-state index contributed by atoms with van der Waals surface area (Å²) in [5, 5.41) is 14.9. The first-order valence-corrected chi connectivity index (χ1v) is 11.8. The largest absolute Gasteiger partial charge is 0.477 e. The number of carbonyl (C=O) groups is 3. The van der Waals surface area contributed by atoms with E-state index in [1.165, 1.54) is 42.7 Å². The standard InChI is InChI=1S/C25H18F2N4O5S/c1-12-18-20(28-11-29-21(18)37-19(12)22(32)33)36-17-7-6-15(10-16(17)27)31-24(35)25(8-9-25)23(34)30-14-4-2-13(26)3-5-14/h2-7,10-11H,8-9H2,1H3,(H,30,34)(H,31,35)(H,32,33). The molecule has 3 N–H and O–H groups in total. The van der Waals surface area contributed by atoms with Crippen molar-refractivity contribution in [2.45, 2.75) is 19.8 Å². The zero-order valence-electron chi connectivity index (χ0n) is 19.2. The fourth-order valence-electron chi connectivity index (χ4n) is 3.80. The Morgan fingerprint density at radius 1 is 1.00 bits per heavy atom. The molecule has 2 heterocycles. The Morgan fingerprint density at radius 3 is 2.27 bits per heavy atom. The van der Waals surface area contributed by atoms with Gasteiger partial charge in [0.05, 0.1) is 5.39 Å². The summed E-state index contributed by atoms with van der Waals surface area (Å²) in [7, 11) is 0. The first-order chi connectivity index (χ1) is 17.7. The maximum absolute atomic E-state index is 14.9. The second-order valence-electron chi connectivity index (χ2n) is 8.46. The number of halogens is 2. The minimum atomic E-state index is -1.30. The molecule has 1 aliphatic carbocycles. The van der Waals surface area contributed by atoms with Crippen molar-refractivity contribution in [3.63, 3.8) is 0 Å². The molecule has 1 saturated carbocycles. The number of hydrogen-bond acceptors (Lipinski definition) is 7. The first-order valence-electron chi connectivity index (χ1n) is 11.0. The molecule has 4 aromatic rings. The van der Waals surface area contributed by atoms with Crippen LogP contribution in [0.3, 0.4) is 0 Å². The molecule has 0 spiro atoms. The third-order valence-corrected chi connectivity index (χ3v) is 7.19. The highest BCUT2D eigenvalue weighted by Gasteiger charge is 2.56. The molecule has 0 radical (unpaired) electrons. The van der Waals surface area contributed by atoms with Gasteiger partial charge in [-0.1, -0.05) is 0 Å². The van der Waals surface area contributed by atoms with Crippen LogP contribution in [-0.2, 0) is 9.59 Å². The van der Waals surface area contributed by atoms with Crippen molar-refractivity contribution in [2.75, 3.05) is 10.6 Å². The van der Waals surface area contributed by atoms with Gasteiger partial charge in [0.25, 0.3) is 0 Å². The molecule has 0 saturated heterocycles. The number of amides is 2. The fourth-order valence-corrected chi connectivity index (χ4v) is 4.78. The van der Waals surface area contributed by atoms with E-state index in [-0.39, 0.29) is 22.2 Å². The molecule has 5 rings (SSSR count). The topological polar surface area (TPSA) is 131 Å². The molecular weight excluding hydrogens is 506 g/mol. The highest BCUT2D eigenvalue weighted by Crippen LogP contribution is 2.47. The normalized spacial score (nSPS) is 13.7. The molecular formula is C25H18F2N4O5S. The average Bonchev–Trinajstić information content (AvgIpc) is 3.61. The van der Waals surface area contributed by atoms with Crippen molar-refractivity contribution in [1.29, 1.82) is 0 Å². The number of hydrogen-bond donors (Lipinski definition) is 3. The molecule has 1 aliphatic rings. The molecule has 0 bridgehead atoms. The van der Waals surface area contributed by atoms with Crippen molar-refractivity contribution in [3.05, 3.63) is 70.9 Å². The van der Waals surface area contributed by atoms with Crippen LogP contribution in [0.5, 0.6) is 11.6 Å². The predicted octanol–water partition coefficient (Wildman–Crippen LogP) is 5.13. The number of carbonyl (C=O) groups excluding carboxylic acids is 2.